The Labute approximate surface area is 102 Å². The summed E-state index contributed by atoms with van der Waals surface area (Å²) < 4.78 is 0. The van der Waals surface area contributed by atoms with Gasteiger partial charge < -0.3 is 16.7 Å². The van der Waals surface area contributed by atoms with Gasteiger partial charge in [-0.2, -0.15) is 0 Å². The van der Waals surface area contributed by atoms with E-state index < -0.39 is 0 Å². The molecule has 50 valence electrons. The summed E-state index contributed by atoms with van der Waals surface area (Å²) in [5.74, 6) is -0.437. The predicted molar refractivity (Wildman–Crippen MR) is 32.5 cm³/mol. The number of aromatic hydroxyl groups is 3. The van der Waals surface area contributed by atoms with Gasteiger partial charge in [-0.25, -0.2) is 0 Å². The number of hydrogen-bond donors (Lipinski definition) is 3. The van der Waals surface area contributed by atoms with E-state index in [4.69, 9.17) is 15.3 Å². The van der Waals surface area contributed by atoms with Gasteiger partial charge in [-0.15, -0.1) is 0 Å². The second-order valence-electron chi connectivity index (χ2n) is 1.71. The first-order valence-electron chi connectivity index (χ1n) is 2.40. The Morgan fingerprint density at radius 3 is 1.20 bits per heavy atom. The van der Waals surface area contributed by atoms with E-state index >= 15 is 0 Å². The Hall–Kier alpha value is 0.256. The maximum atomic E-state index is 8.67. The van der Waals surface area contributed by atoms with Crippen LogP contribution in [0, 0.1) is 0 Å². The van der Waals surface area contributed by atoms with Crippen LogP contribution in [0.4, 0.5) is 0 Å². The molecule has 1 aromatic carbocycles. The van der Waals surface area contributed by atoms with Crippen molar-refractivity contribution in [1.29, 1.82) is 0 Å². The number of phenolic OH excluding ortho intramolecular Hbond substituents is 3. The summed E-state index contributed by atoms with van der Waals surface area (Å²) in [4.78, 5) is 0. The van der Waals surface area contributed by atoms with Crippen LogP contribution in [0.3, 0.4) is 0 Å². The summed E-state index contributed by atoms with van der Waals surface area (Å²) in [5.41, 5.74) is 0. The Morgan fingerprint density at radius 2 is 1.00 bits per heavy atom. The van der Waals surface area contributed by atoms with Gasteiger partial charge in [0.25, 0.3) is 0 Å². The first-order chi connectivity index (χ1) is 4.18. The summed E-state index contributed by atoms with van der Waals surface area (Å²) in [6, 6.07) is 3.42. The predicted octanol–water partition coefficient (Wildman–Crippen LogP) is -2.08. The van der Waals surface area contributed by atoms with Gasteiger partial charge >= 0.3 is 51.4 Å². The van der Waals surface area contributed by atoms with Crippen molar-refractivity contribution in [2.24, 2.45) is 0 Å². The van der Waals surface area contributed by atoms with Crippen LogP contribution in [0.1, 0.15) is 1.43 Å². The van der Waals surface area contributed by atoms with E-state index in [1.165, 1.54) is 0 Å². The molecule has 0 aliphatic carbocycles. The topological polar surface area (TPSA) is 60.7 Å². The van der Waals surface area contributed by atoms with Crippen LogP contribution in [0.15, 0.2) is 18.2 Å². The van der Waals surface area contributed by atoms with Gasteiger partial charge in [0.15, 0.2) is 0 Å². The molecular formula is C6H7KO3. The second-order valence-corrected chi connectivity index (χ2v) is 1.71. The van der Waals surface area contributed by atoms with Crippen LogP contribution >= 0.6 is 0 Å². The summed E-state index contributed by atoms with van der Waals surface area (Å²) in [7, 11) is 0. The first-order valence-corrected chi connectivity index (χ1v) is 2.40. The molecule has 0 spiro atoms. The Balaban J connectivity index is 0. The van der Waals surface area contributed by atoms with Crippen molar-refractivity contribution >= 4 is 0 Å². The quantitative estimate of drug-likeness (QED) is 0.388. The molecule has 0 fully saturated rings. The first kappa shape index (κ1) is 10.3. The van der Waals surface area contributed by atoms with E-state index in [1.54, 1.807) is 0 Å². The van der Waals surface area contributed by atoms with Crippen LogP contribution in [0.25, 0.3) is 0 Å². The van der Waals surface area contributed by atoms with Gasteiger partial charge in [-0.1, -0.05) is 0 Å². The van der Waals surface area contributed by atoms with E-state index in [0.717, 1.165) is 18.2 Å². The van der Waals surface area contributed by atoms with Crippen molar-refractivity contribution in [2.75, 3.05) is 0 Å². The van der Waals surface area contributed by atoms with Crippen LogP contribution in [-0.2, 0) is 0 Å². The number of rotatable bonds is 0. The molecule has 0 heterocycles. The van der Waals surface area contributed by atoms with Crippen LogP contribution in [-0.4, -0.2) is 15.3 Å². The van der Waals surface area contributed by atoms with E-state index in [2.05, 4.69) is 0 Å². The molecule has 0 atom stereocenters. The molecule has 0 unspecified atom stereocenters. The molecule has 0 aliphatic heterocycles. The molecule has 3 N–H and O–H groups in total. The van der Waals surface area contributed by atoms with Crippen molar-refractivity contribution < 1.29 is 68.1 Å². The molecular weight excluding hydrogens is 159 g/mol. The Kier molecular flexibility index (Phi) is 4.31. The summed E-state index contributed by atoms with van der Waals surface area (Å²) in [6.07, 6.45) is 0. The van der Waals surface area contributed by atoms with Crippen molar-refractivity contribution in [2.45, 2.75) is 0 Å². The van der Waals surface area contributed by atoms with Gasteiger partial charge in [-0.3, -0.25) is 0 Å². The third-order valence-electron chi connectivity index (χ3n) is 0.887. The van der Waals surface area contributed by atoms with Crippen LogP contribution in [0.2, 0.25) is 0 Å². The van der Waals surface area contributed by atoms with Crippen molar-refractivity contribution in [3.05, 3.63) is 18.2 Å². The summed E-state index contributed by atoms with van der Waals surface area (Å²) >= 11 is 0. The minimum Gasteiger partial charge on any atom is -1.00 e. The summed E-state index contributed by atoms with van der Waals surface area (Å²) in [5, 5.41) is 26.0. The molecule has 0 bridgehead atoms. The number of phenols is 3. The molecule has 10 heavy (non-hydrogen) atoms. The molecule has 0 aromatic heterocycles. The summed E-state index contributed by atoms with van der Waals surface area (Å²) in [6.45, 7) is 0. The zero-order valence-corrected chi connectivity index (χ0v) is 8.70. The fourth-order valence-corrected chi connectivity index (χ4v) is 0.580. The molecule has 3 nitrogen and oxygen atoms in total. The van der Waals surface area contributed by atoms with Crippen molar-refractivity contribution in [1.82, 2.24) is 0 Å². The largest absolute Gasteiger partial charge is 1.00 e. The molecule has 0 aliphatic rings. The van der Waals surface area contributed by atoms with Crippen molar-refractivity contribution in [3.63, 3.8) is 0 Å². The minimum atomic E-state index is -0.146. The fraction of sp³-hybridized carbons (Fsp3) is 0. The van der Waals surface area contributed by atoms with Crippen LogP contribution < -0.4 is 51.4 Å². The molecule has 1 aromatic rings. The monoisotopic (exact) mass is 166 g/mol. The number of hydrogen-bond acceptors (Lipinski definition) is 3. The van der Waals surface area contributed by atoms with Crippen molar-refractivity contribution in [3.8, 4) is 17.2 Å². The van der Waals surface area contributed by atoms with Gasteiger partial charge in [0, 0.05) is 18.2 Å². The molecule has 0 radical (unpaired) electrons. The van der Waals surface area contributed by atoms with Gasteiger partial charge in [-0.05, 0) is 0 Å². The molecule has 1 rings (SSSR count). The van der Waals surface area contributed by atoms with E-state index in [1.807, 2.05) is 0 Å². The van der Waals surface area contributed by atoms with Crippen LogP contribution in [0.5, 0.6) is 17.2 Å². The Morgan fingerprint density at radius 1 is 0.800 bits per heavy atom. The second kappa shape index (κ2) is 4.20. The average molecular weight is 166 g/mol. The number of benzene rings is 1. The molecule has 0 amide bonds. The standard InChI is InChI=1S/C6H6O3.K.H/c7-4-1-5(8)3-6(9)2-4;;/h1-3,7-9H;;/q;+1;-1. The van der Waals surface area contributed by atoms with E-state index in [9.17, 15) is 0 Å². The van der Waals surface area contributed by atoms with E-state index in [-0.39, 0.29) is 70.1 Å². The molecule has 4 heteroatoms. The maximum absolute atomic E-state index is 8.67. The normalized spacial score (nSPS) is 8.40. The fourth-order valence-electron chi connectivity index (χ4n) is 0.580. The average Bonchev–Trinajstić information content (AvgIpc) is 1.59. The van der Waals surface area contributed by atoms with Gasteiger partial charge in [0.1, 0.15) is 17.2 Å². The van der Waals surface area contributed by atoms with Gasteiger partial charge in [0.05, 0.1) is 0 Å². The van der Waals surface area contributed by atoms with E-state index in [0.29, 0.717) is 0 Å². The minimum absolute atomic E-state index is 0. The third-order valence-corrected chi connectivity index (χ3v) is 0.887. The SMILES string of the molecule is Oc1cc(O)cc(O)c1.[H-].[K+]. The third kappa shape index (κ3) is 2.89. The molecule has 0 saturated carbocycles. The van der Waals surface area contributed by atoms with Gasteiger partial charge in [0.2, 0.25) is 0 Å². The maximum Gasteiger partial charge on any atom is 1.00 e. The smallest absolute Gasteiger partial charge is 1.00 e. The molecule has 0 saturated heterocycles. The Bertz CT molecular complexity index is 179. The zero-order chi connectivity index (χ0) is 6.85. The zero-order valence-electron chi connectivity index (χ0n) is 6.57.